The maximum Gasteiger partial charge on any atom is 0.300 e. The molecule has 3 aromatic carbocycles. The van der Waals surface area contributed by atoms with Crippen molar-refractivity contribution in [2.24, 2.45) is 0 Å². The Bertz CT molecular complexity index is 1190. The van der Waals surface area contributed by atoms with E-state index in [4.69, 9.17) is 9.37 Å². The highest BCUT2D eigenvalue weighted by Gasteiger charge is 2.22. The monoisotopic (exact) mass is 418 g/mol. The molecular formula is C23H22N4O4. The van der Waals surface area contributed by atoms with Crippen molar-refractivity contribution in [2.75, 3.05) is 18.5 Å². The summed E-state index contributed by atoms with van der Waals surface area (Å²) >= 11 is 0. The molecule has 158 valence electrons. The molecule has 0 amide bonds. The van der Waals surface area contributed by atoms with E-state index in [9.17, 15) is 10.1 Å². The lowest BCUT2D eigenvalue weighted by atomic mass is 10.1. The molecule has 1 atom stereocenters. The van der Waals surface area contributed by atoms with E-state index >= 15 is 0 Å². The van der Waals surface area contributed by atoms with Crippen molar-refractivity contribution in [1.82, 2.24) is 10.3 Å². The average molecular weight is 418 g/mol. The number of nitro benzene ring substituents is 1. The molecule has 0 spiro atoms. The van der Waals surface area contributed by atoms with E-state index < -0.39 is 4.92 Å². The van der Waals surface area contributed by atoms with E-state index in [0.717, 1.165) is 16.9 Å². The Kier molecular flexibility index (Phi) is 5.79. The van der Waals surface area contributed by atoms with Crippen molar-refractivity contribution in [3.8, 4) is 5.75 Å². The predicted molar refractivity (Wildman–Crippen MR) is 117 cm³/mol. The van der Waals surface area contributed by atoms with Crippen LogP contribution in [0.2, 0.25) is 0 Å². The van der Waals surface area contributed by atoms with Gasteiger partial charge in [-0.05, 0) is 40.5 Å². The molecule has 0 N–H and O–H groups in total. The van der Waals surface area contributed by atoms with Gasteiger partial charge >= 0.3 is 5.69 Å². The Morgan fingerprint density at radius 3 is 2.48 bits per heavy atom. The minimum atomic E-state index is -0.488. The van der Waals surface area contributed by atoms with E-state index in [1.54, 1.807) is 6.07 Å². The molecule has 0 bridgehead atoms. The zero-order chi connectivity index (χ0) is 21.8. The second-order valence-corrected chi connectivity index (χ2v) is 7.32. The summed E-state index contributed by atoms with van der Waals surface area (Å²) < 4.78 is 11.2. The second kappa shape index (κ2) is 8.83. The van der Waals surface area contributed by atoms with Crippen molar-refractivity contribution in [3.05, 3.63) is 88.0 Å². The molecule has 0 aliphatic rings. The van der Waals surface area contributed by atoms with Gasteiger partial charge in [-0.15, -0.1) is 0 Å². The normalized spacial score (nSPS) is 11.9. The van der Waals surface area contributed by atoms with E-state index in [1.165, 1.54) is 6.07 Å². The van der Waals surface area contributed by atoms with Gasteiger partial charge in [-0.1, -0.05) is 48.5 Å². The third kappa shape index (κ3) is 4.32. The number of rotatable bonds is 8. The fourth-order valence-corrected chi connectivity index (χ4v) is 3.53. The number of hydrogen-bond donors (Lipinski definition) is 0. The molecule has 8 heteroatoms. The van der Waals surface area contributed by atoms with Crippen LogP contribution in [0, 0.1) is 17.0 Å². The number of aryl methyl sites for hydroxylation is 1. The van der Waals surface area contributed by atoms with Crippen LogP contribution >= 0.6 is 0 Å². The largest absolute Gasteiger partial charge is 0.485 e. The number of ether oxygens (including phenoxy) is 1. The van der Waals surface area contributed by atoms with E-state index in [1.807, 2.05) is 61.3 Å². The first-order chi connectivity index (χ1) is 15.0. The molecule has 1 heterocycles. The number of hydrogen-bond acceptors (Lipinski definition) is 7. The first-order valence-corrected chi connectivity index (χ1v) is 9.92. The molecule has 0 saturated heterocycles. The average Bonchev–Trinajstić information content (AvgIpc) is 3.27. The summed E-state index contributed by atoms with van der Waals surface area (Å²) in [7, 11) is 1.91. The summed E-state index contributed by atoms with van der Waals surface area (Å²) in [5.41, 5.74) is 3.25. The molecule has 31 heavy (non-hydrogen) atoms. The van der Waals surface area contributed by atoms with Gasteiger partial charge in [0.1, 0.15) is 11.9 Å². The van der Waals surface area contributed by atoms with Gasteiger partial charge in [0.25, 0.3) is 0 Å². The number of nitrogens with zero attached hydrogens (tertiary/aromatic N) is 4. The van der Waals surface area contributed by atoms with Crippen molar-refractivity contribution in [1.29, 1.82) is 0 Å². The van der Waals surface area contributed by atoms with Crippen LogP contribution in [0.25, 0.3) is 11.0 Å². The maximum atomic E-state index is 11.2. The highest BCUT2D eigenvalue weighted by molar-refractivity contribution is 5.93. The van der Waals surface area contributed by atoms with Crippen LogP contribution in [-0.2, 0) is 0 Å². The second-order valence-electron chi connectivity index (χ2n) is 7.32. The fourth-order valence-electron chi connectivity index (χ4n) is 3.53. The van der Waals surface area contributed by atoms with Crippen LogP contribution in [0.3, 0.4) is 0 Å². The molecule has 0 fully saturated rings. The number of fused-ring (bicyclic) bond motifs is 1. The van der Waals surface area contributed by atoms with Crippen LogP contribution in [0.4, 0.5) is 11.4 Å². The lowest BCUT2D eigenvalue weighted by molar-refractivity contribution is -0.383. The number of non-ortho nitro benzene ring substituents is 1. The van der Waals surface area contributed by atoms with Gasteiger partial charge in [0.2, 0.25) is 5.52 Å². The summed E-state index contributed by atoms with van der Waals surface area (Å²) in [4.78, 5) is 12.7. The van der Waals surface area contributed by atoms with Gasteiger partial charge in [-0.2, -0.15) is 0 Å². The van der Waals surface area contributed by atoms with E-state index in [0.29, 0.717) is 24.2 Å². The molecule has 8 nitrogen and oxygen atoms in total. The third-order valence-corrected chi connectivity index (χ3v) is 5.24. The number of nitro groups is 1. The first-order valence-electron chi connectivity index (χ1n) is 9.92. The van der Waals surface area contributed by atoms with Crippen LogP contribution in [-0.4, -0.2) is 28.8 Å². The summed E-state index contributed by atoms with van der Waals surface area (Å²) in [6.07, 6.45) is 0.534. The highest BCUT2D eigenvalue weighted by atomic mass is 16.6. The Morgan fingerprint density at radius 1 is 1.03 bits per heavy atom. The number of anilines is 1. The topological polar surface area (TPSA) is 94.5 Å². The van der Waals surface area contributed by atoms with Crippen molar-refractivity contribution < 1.29 is 14.3 Å². The van der Waals surface area contributed by atoms with Gasteiger partial charge < -0.3 is 9.64 Å². The smallest absolute Gasteiger partial charge is 0.300 e. The Labute approximate surface area is 179 Å². The zero-order valence-corrected chi connectivity index (χ0v) is 17.3. The van der Waals surface area contributed by atoms with Gasteiger partial charge in [0.15, 0.2) is 5.52 Å². The maximum absolute atomic E-state index is 11.2. The van der Waals surface area contributed by atoms with Crippen molar-refractivity contribution in [3.63, 3.8) is 0 Å². The zero-order valence-electron chi connectivity index (χ0n) is 17.3. The lowest BCUT2D eigenvalue weighted by Crippen LogP contribution is -2.22. The number of aromatic nitrogens is 2. The molecule has 1 aromatic heterocycles. The predicted octanol–water partition coefficient (Wildman–Crippen LogP) is 5.09. The fraction of sp³-hybridized carbons (Fsp3) is 0.217. The summed E-state index contributed by atoms with van der Waals surface area (Å²) in [5.74, 6) is 0.845. The molecule has 4 rings (SSSR count). The quantitative estimate of drug-likeness (QED) is 0.291. The molecule has 0 unspecified atom stereocenters. The SMILES string of the molecule is Cc1ccccc1O[C@H](CCN(C)c1ccc([N+](=O)[O-])c2nonc12)c1ccccc1. The summed E-state index contributed by atoms with van der Waals surface area (Å²) in [5, 5.41) is 18.8. The first kappa shape index (κ1) is 20.3. The van der Waals surface area contributed by atoms with Gasteiger partial charge in [0, 0.05) is 26.1 Å². The molecule has 0 saturated carbocycles. The van der Waals surface area contributed by atoms with Gasteiger partial charge in [-0.3, -0.25) is 10.1 Å². The minimum Gasteiger partial charge on any atom is -0.485 e. The Morgan fingerprint density at radius 2 is 1.74 bits per heavy atom. The van der Waals surface area contributed by atoms with Crippen LogP contribution in [0.15, 0.2) is 71.4 Å². The standard InChI is InChI=1S/C23H22N4O4/c1-16-8-6-7-11-20(16)30-21(17-9-4-3-5-10-17)14-15-26(2)18-12-13-19(27(28)29)23-22(18)24-31-25-23/h3-13,21H,14-15H2,1-2H3/t21-/m1/s1. The van der Waals surface area contributed by atoms with Gasteiger partial charge in [-0.25, -0.2) is 4.63 Å². The lowest BCUT2D eigenvalue weighted by Gasteiger charge is -2.25. The van der Waals surface area contributed by atoms with E-state index in [2.05, 4.69) is 22.4 Å². The van der Waals surface area contributed by atoms with Crippen molar-refractivity contribution >= 4 is 22.4 Å². The highest BCUT2D eigenvalue weighted by Crippen LogP contribution is 2.32. The van der Waals surface area contributed by atoms with Gasteiger partial charge in [0.05, 0.1) is 10.6 Å². The van der Waals surface area contributed by atoms with Crippen molar-refractivity contribution in [2.45, 2.75) is 19.4 Å². The summed E-state index contributed by atoms with van der Waals surface area (Å²) in [6, 6.07) is 21.1. The number of benzene rings is 3. The molecule has 0 aliphatic carbocycles. The summed E-state index contributed by atoms with van der Waals surface area (Å²) in [6.45, 7) is 2.65. The molecule has 4 aromatic rings. The Hall–Kier alpha value is -3.94. The van der Waals surface area contributed by atoms with Crippen LogP contribution < -0.4 is 9.64 Å². The molecule has 0 radical (unpaired) electrons. The molecular weight excluding hydrogens is 396 g/mol. The van der Waals surface area contributed by atoms with Crippen LogP contribution in [0.1, 0.15) is 23.7 Å². The number of para-hydroxylation sites is 1. The molecule has 0 aliphatic heterocycles. The van der Waals surface area contributed by atoms with E-state index in [-0.39, 0.29) is 17.3 Å². The Balaban J connectivity index is 1.57. The van der Waals surface area contributed by atoms with Crippen LogP contribution in [0.5, 0.6) is 5.75 Å². The third-order valence-electron chi connectivity index (χ3n) is 5.24. The minimum absolute atomic E-state index is 0.126.